The number of hydrogen-bond acceptors (Lipinski definition) is 1. The molecule has 0 aromatic heterocycles. The van der Waals surface area contributed by atoms with Crippen LogP contribution in [0.25, 0.3) is 0 Å². The first-order valence-corrected chi connectivity index (χ1v) is 16.7. The standard InChI is InChI=1S/C6H11N.3HI.V/c1-6-4-3-5-7(6)2;;;;/h3,5-6H,4H2,1-2H3;3*1H;/q;;;;+3/p-3. The Morgan fingerprint density at radius 3 is 2.00 bits per heavy atom. The van der Waals surface area contributed by atoms with Crippen LogP contribution >= 0.6 is 59.9 Å². The average Bonchev–Trinajstić information content (AvgIpc) is 2.15. The Labute approximate surface area is 106 Å². The summed E-state index contributed by atoms with van der Waals surface area (Å²) in [5.74, 6) is 0. The Kier molecular flexibility index (Phi) is 9.31. The average molecular weight is 529 g/mol. The van der Waals surface area contributed by atoms with Crippen molar-refractivity contribution in [2.45, 2.75) is 19.4 Å². The van der Waals surface area contributed by atoms with Crippen LogP contribution in [0.1, 0.15) is 13.3 Å². The fraction of sp³-hybridized carbons (Fsp3) is 0.667. The summed E-state index contributed by atoms with van der Waals surface area (Å²) in [6.07, 6.45) is 5.55. The molecule has 1 nitrogen and oxygen atoms in total. The van der Waals surface area contributed by atoms with Crippen LogP contribution in [0, 0.1) is 0 Å². The van der Waals surface area contributed by atoms with Gasteiger partial charge in [-0.25, -0.2) is 0 Å². The van der Waals surface area contributed by atoms with Crippen LogP contribution in [-0.2, 0) is 4.92 Å². The third-order valence-corrected chi connectivity index (χ3v) is 1.51. The molecule has 1 aliphatic rings. The van der Waals surface area contributed by atoms with Gasteiger partial charge in [-0.15, -0.1) is 0 Å². The van der Waals surface area contributed by atoms with Crippen molar-refractivity contribution in [2.75, 3.05) is 7.05 Å². The van der Waals surface area contributed by atoms with Gasteiger partial charge < -0.3 is 4.90 Å². The van der Waals surface area contributed by atoms with E-state index in [0.717, 1.165) is 6.04 Å². The van der Waals surface area contributed by atoms with Crippen LogP contribution in [-0.4, -0.2) is 18.0 Å². The summed E-state index contributed by atoms with van der Waals surface area (Å²) < 4.78 is 0. The van der Waals surface area contributed by atoms with Gasteiger partial charge in [-0.3, -0.25) is 0 Å². The van der Waals surface area contributed by atoms with E-state index in [9.17, 15) is 0 Å². The molecule has 1 heterocycles. The topological polar surface area (TPSA) is 3.24 Å². The molecule has 11 heavy (non-hydrogen) atoms. The van der Waals surface area contributed by atoms with Crippen molar-refractivity contribution in [3.63, 3.8) is 0 Å². The molecule has 0 amide bonds. The molecular weight excluding hydrogens is 518 g/mol. The molecule has 0 spiro atoms. The molecule has 1 atom stereocenters. The zero-order valence-electron chi connectivity index (χ0n) is 6.47. The molecule has 0 aliphatic carbocycles. The van der Waals surface area contributed by atoms with Crippen molar-refractivity contribution < 1.29 is 4.92 Å². The molecule has 0 radical (unpaired) electrons. The van der Waals surface area contributed by atoms with Gasteiger partial charge in [0.05, 0.1) is 0 Å². The fourth-order valence-corrected chi connectivity index (χ4v) is 0.737. The molecule has 5 heteroatoms. The van der Waals surface area contributed by atoms with Gasteiger partial charge in [0, 0.05) is 13.1 Å². The number of halogens is 3. The Balaban J connectivity index is 0.000000218. The molecule has 0 bridgehead atoms. The van der Waals surface area contributed by atoms with E-state index in [-0.39, 0.29) is 4.92 Å². The predicted octanol–water partition coefficient (Wildman–Crippen LogP) is 3.88. The molecule has 0 saturated carbocycles. The third kappa shape index (κ3) is 8.64. The molecule has 0 fully saturated rings. The molecule has 1 aliphatic heterocycles. The van der Waals surface area contributed by atoms with Crippen molar-refractivity contribution in [1.82, 2.24) is 4.90 Å². The first-order chi connectivity index (χ1) is 5.04. The molecule has 0 aromatic carbocycles. The maximum absolute atomic E-state index is 2.46. The summed E-state index contributed by atoms with van der Waals surface area (Å²) in [5.41, 5.74) is 0. The van der Waals surface area contributed by atoms with E-state index in [1.807, 2.05) is 0 Å². The van der Waals surface area contributed by atoms with Crippen LogP contribution in [0.2, 0.25) is 0 Å². The van der Waals surface area contributed by atoms with Crippen molar-refractivity contribution in [3.8, 4) is 0 Å². The van der Waals surface area contributed by atoms with Gasteiger partial charge in [0.2, 0.25) is 0 Å². The molecule has 0 N–H and O–H groups in total. The van der Waals surface area contributed by atoms with Crippen molar-refractivity contribution in [1.29, 1.82) is 0 Å². The number of nitrogens with zero attached hydrogens (tertiary/aromatic N) is 1. The first-order valence-electron chi connectivity index (χ1n) is 3.20. The van der Waals surface area contributed by atoms with E-state index >= 15 is 0 Å². The van der Waals surface area contributed by atoms with Crippen molar-refractivity contribution in [2.24, 2.45) is 0 Å². The molecule has 66 valence electrons. The summed E-state index contributed by atoms with van der Waals surface area (Å²) in [6, 6.07) is 0.736. The van der Waals surface area contributed by atoms with E-state index < -0.39 is 0 Å². The summed E-state index contributed by atoms with van der Waals surface area (Å²) in [5, 5.41) is 0. The first kappa shape index (κ1) is 13.3. The molecule has 1 rings (SSSR count). The van der Waals surface area contributed by atoms with Gasteiger partial charge in [-0.05, 0) is 19.5 Å². The third-order valence-electron chi connectivity index (χ3n) is 1.51. The van der Waals surface area contributed by atoms with Gasteiger partial charge in [-0.2, -0.15) is 0 Å². The zero-order valence-corrected chi connectivity index (χ0v) is 14.3. The monoisotopic (exact) mass is 529 g/mol. The zero-order chi connectivity index (χ0) is 8.85. The van der Waals surface area contributed by atoms with Gasteiger partial charge >= 0.3 is 64.9 Å². The van der Waals surface area contributed by atoms with Crippen molar-refractivity contribution >= 4 is 59.9 Å². The van der Waals surface area contributed by atoms with E-state index in [0.29, 0.717) is 0 Å². The molecular formula is C6H11I3NV. The second kappa shape index (κ2) is 7.69. The Hall–Kier alpha value is 2.31. The quantitative estimate of drug-likeness (QED) is 0.432. The van der Waals surface area contributed by atoms with Crippen LogP contribution < -0.4 is 0 Å². The Morgan fingerprint density at radius 1 is 1.45 bits per heavy atom. The summed E-state index contributed by atoms with van der Waals surface area (Å²) in [4.78, 5) is 1.94. The molecule has 1 unspecified atom stereocenters. The van der Waals surface area contributed by atoms with Crippen LogP contribution in [0.4, 0.5) is 0 Å². The molecule has 0 saturated heterocycles. The van der Waals surface area contributed by atoms with Crippen LogP contribution in [0.5, 0.6) is 0 Å². The van der Waals surface area contributed by atoms with E-state index in [1.165, 1.54) is 6.42 Å². The predicted molar refractivity (Wildman–Crippen MR) is 73.0 cm³/mol. The van der Waals surface area contributed by atoms with Gasteiger partial charge in [-0.1, -0.05) is 6.08 Å². The van der Waals surface area contributed by atoms with E-state index in [4.69, 9.17) is 0 Å². The van der Waals surface area contributed by atoms with Crippen LogP contribution in [0.3, 0.4) is 0 Å². The van der Waals surface area contributed by atoms with Gasteiger partial charge in [0.1, 0.15) is 0 Å². The number of rotatable bonds is 0. The van der Waals surface area contributed by atoms with Crippen molar-refractivity contribution in [3.05, 3.63) is 12.3 Å². The van der Waals surface area contributed by atoms with Crippen LogP contribution in [0.15, 0.2) is 12.3 Å². The van der Waals surface area contributed by atoms with Gasteiger partial charge in [0.25, 0.3) is 0 Å². The number of hydrogen-bond donors (Lipinski definition) is 0. The Bertz CT molecular complexity index is 126. The minimum absolute atomic E-state index is 0.278. The van der Waals surface area contributed by atoms with E-state index in [2.05, 4.69) is 91.1 Å². The second-order valence-electron chi connectivity index (χ2n) is 2.33. The van der Waals surface area contributed by atoms with Gasteiger partial charge in [0.15, 0.2) is 0 Å². The fourth-order valence-electron chi connectivity index (χ4n) is 0.737. The second-order valence-corrected chi connectivity index (χ2v) is 37.7. The Morgan fingerprint density at radius 2 is 1.91 bits per heavy atom. The van der Waals surface area contributed by atoms with E-state index in [1.54, 1.807) is 0 Å². The SMILES string of the molecule is CC1CC=CN1C.[I][V]([I])[I]. The maximum atomic E-state index is 2.46. The molecule has 0 aromatic rings. The normalized spacial score (nSPS) is 22.0. The summed E-state index contributed by atoms with van der Waals surface area (Å²) in [7, 11) is 2.11. The summed E-state index contributed by atoms with van der Waals surface area (Å²) >= 11 is 7.39. The summed E-state index contributed by atoms with van der Waals surface area (Å²) in [6.45, 7) is 2.22. The minimum atomic E-state index is -0.278.